The molecule has 0 aromatic heterocycles. The average Bonchev–Trinajstić information content (AvgIpc) is 1.98. The highest BCUT2D eigenvalue weighted by Gasteiger charge is 2.11. The number of ether oxygens (including phenoxy) is 1. The molecule has 0 amide bonds. The summed E-state index contributed by atoms with van der Waals surface area (Å²) in [6, 6.07) is 2.91. The Morgan fingerprint density at radius 3 is 2.46 bits per heavy atom. The molecule has 6 heteroatoms. The molecule has 1 aromatic rings. The third kappa shape index (κ3) is 2.80. The van der Waals surface area contributed by atoms with E-state index in [0.717, 1.165) is 0 Å². The van der Waals surface area contributed by atoms with E-state index in [9.17, 15) is 8.78 Å². The van der Waals surface area contributed by atoms with E-state index in [1.807, 2.05) is 0 Å². The SMILES string of the molecule is Nc1cc(Br)c(Br)c(OC(F)F)c1. The lowest BCUT2D eigenvalue weighted by atomic mass is 10.3. The number of nitrogens with two attached hydrogens (primary N) is 1. The van der Waals surface area contributed by atoms with Crippen LogP contribution in [0.4, 0.5) is 14.5 Å². The minimum Gasteiger partial charge on any atom is -0.434 e. The second kappa shape index (κ2) is 4.23. The molecule has 13 heavy (non-hydrogen) atoms. The van der Waals surface area contributed by atoms with Crippen LogP contribution in [-0.4, -0.2) is 6.61 Å². The van der Waals surface area contributed by atoms with Gasteiger partial charge >= 0.3 is 6.61 Å². The van der Waals surface area contributed by atoms with Crippen LogP contribution in [0.1, 0.15) is 0 Å². The molecule has 0 saturated heterocycles. The van der Waals surface area contributed by atoms with Crippen molar-refractivity contribution >= 4 is 37.5 Å². The van der Waals surface area contributed by atoms with Crippen molar-refractivity contribution in [3.8, 4) is 5.75 Å². The predicted octanol–water partition coefficient (Wildman–Crippen LogP) is 3.40. The van der Waals surface area contributed by atoms with E-state index in [4.69, 9.17) is 5.73 Å². The predicted molar refractivity (Wildman–Crippen MR) is 52.9 cm³/mol. The van der Waals surface area contributed by atoms with Gasteiger partial charge in [-0.1, -0.05) is 0 Å². The lowest BCUT2D eigenvalue weighted by Crippen LogP contribution is -2.03. The molecule has 2 N–H and O–H groups in total. The fourth-order valence-electron chi connectivity index (χ4n) is 0.766. The minimum atomic E-state index is -2.86. The molecule has 0 radical (unpaired) electrons. The summed E-state index contributed by atoms with van der Waals surface area (Å²) in [7, 11) is 0. The summed E-state index contributed by atoms with van der Waals surface area (Å²) < 4.78 is 28.9. The van der Waals surface area contributed by atoms with Gasteiger partial charge in [-0.15, -0.1) is 0 Å². The molecule has 0 aliphatic carbocycles. The standard InChI is InChI=1S/C7H5Br2F2NO/c8-4-1-3(12)2-5(6(4)9)13-7(10)11/h1-2,7H,12H2. The molecule has 1 rings (SSSR count). The molecular formula is C7H5Br2F2NO. The van der Waals surface area contributed by atoms with E-state index >= 15 is 0 Å². The first-order valence-corrected chi connectivity index (χ1v) is 4.78. The van der Waals surface area contributed by atoms with Crippen LogP contribution in [0.3, 0.4) is 0 Å². The smallest absolute Gasteiger partial charge is 0.387 e. The van der Waals surface area contributed by atoms with Gasteiger partial charge in [0, 0.05) is 16.2 Å². The van der Waals surface area contributed by atoms with Gasteiger partial charge in [0.25, 0.3) is 0 Å². The lowest BCUT2D eigenvalue weighted by Gasteiger charge is -2.08. The van der Waals surface area contributed by atoms with E-state index in [1.165, 1.54) is 6.07 Å². The molecule has 0 spiro atoms. The van der Waals surface area contributed by atoms with Gasteiger partial charge < -0.3 is 10.5 Å². The number of hydrogen-bond acceptors (Lipinski definition) is 2. The van der Waals surface area contributed by atoms with Crippen LogP contribution in [0.2, 0.25) is 0 Å². The lowest BCUT2D eigenvalue weighted by molar-refractivity contribution is -0.0503. The monoisotopic (exact) mass is 315 g/mol. The second-order valence-electron chi connectivity index (χ2n) is 2.19. The molecule has 0 bridgehead atoms. The van der Waals surface area contributed by atoms with Gasteiger partial charge in [0.05, 0.1) is 4.47 Å². The molecule has 0 atom stereocenters. The van der Waals surface area contributed by atoms with Crippen LogP contribution in [0.25, 0.3) is 0 Å². The van der Waals surface area contributed by atoms with Crippen LogP contribution in [0.15, 0.2) is 21.1 Å². The highest BCUT2D eigenvalue weighted by Crippen LogP contribution is 2.35. The normalized spacial score (nSPS) is 10.5. The van der Waals surface area contributed by atoms with E-state index in [1.54, 1.807) is 6.07 Å². The second-order valence-corrected chi connectivity index (χ2v) is 3.84. The molecule has 1 aromatic carbocycles. The van der Waals surface area contributed by atoms with Crippen LogP contribution >= 0.6 is 31.9 Å². The highest BCUT2D eigenvalue weighted by atomic mass is 79.9. The molecule has 0 heterocycles. The van der Waals surface area contributed by atoms with Crippen molar-refractivity contribution < 1.29 is 13.5 Å². The zero-order valence-electron chi connectivity index (χ0n) is 6.23. The molecule has 0 saturated carbocycles. The maximum absolute atomic E-state index is 11.9. The van der Waals surface area contributed by atoms with E-state index in [2.05, 4.69) is 36.6 Å². The van der Waals surface area contributed by atoms with E-state index < -0.39 is 6.61 Å². The summed E-state index contributed by atoms with van der Waals surface area (Å²) in [5.74, 6) is 0.0156. The zero-order chi connectivity index (χ0) is 10.0. The van der Waals surface area contributed by atoms with Gasteiger partial charge in [0.2, 0.25) is 0 Å². The molecule has 0 aliphatic rings. The minimum absolute atomic E-state index is 0.0156. The van der Waals surface area contributed by atoms with Gasteiger partial charge in [-0.25, -0.2) is 0 Å². The van der Waals surface area contributed by atoms with Gasteiger partial charge in [-0.2, -0.15) is 8.78 Å². The van der Waals surface area contributed by atoms with Gasteiger partial charge in [-0.3, -0.25) is 0 Å². The number of nitrogen functional groups attached to an aromatic ring is 1. The van der Waals surface area contributed by atoms with Crippen LogP contribution in [-0.2, 0) is 0 Å². The summed E-state index contributed by atoms with van der Waals surface area (Å²) in [6.45, 7) is -2.86. The third-order valence-corrected chi connectivity index (χ3v) is 3.21. The Hall–Kier alpha value is -0.360. The van der Waals surface area contributed by atoms with Crippen molar-refractivity contribution in [1.82, 2.24) is 0 Å². The van der Waals surface area contributed by atoms with E-state index in [0.29, 0.717) is 14.6 Å². The quantitative estimate of drug-likeness (QED) is 0.849. The highest BCUT2D eigenvalue weighted by molar-refractivity contribution is 9.13. The molecular weight excluding hydrogens is 312 g/mol. The Bertz CT molecular complexity index is 320. The number of alkyl halides is 2. The number of rotatable bonds is 2. The Balaban J connectivity index is 3.05. The fraction of sp³-hybridized carbons (Fsp3) is 0.143. The topological polar surface area (TPSA) is 35.2 Å². The number of anilines is 1. The van der Waals surface area contributed by atoms with Crippen LogP contribution < -0.4 is 10.5 Å². The largest absolute Gasteiger partial charge is 0.434 e. The Kier molecular flexibility index (Phi) is 3.49. The third-order valence-electron chi connectivity index (χ3n) is 1.23. The average molecular weight is 317 g/mol. The number of halogens is 4. The van der Waals surface area contributed by atoms with Crippen molar-refractivity contribution in [1.29, 1.82) is 0 Å². The maximum atomic E-state index is 11.9. The Morgan fingerprint density at radius 2 is 1.92 bits per heavy atom. The molecule has 72 valence electrons. The van der Waals surface area contributed by atoms with Gasteiger partial charge in [-0.05, 0) is 37.9 Å². The van der Waals surface area contributed by atoms with Crippen molar-refractivity contribution in [3.63, 3.8) is 0 Å². The van der Waals surface area contributed by atoms with Crippen LogP contribution in [0, 0.1) is 0 Å². The first-order valence-electron chi connectivity index (χ1n) is 3.20. The van der Waals surface area contributed by atoms with Crippen molar-refractivity contribution in [3.05, 3.63) is 21.1 Å². The molecule has 2 nitrogen and oxygen atoms in total. The maximum Gasteiger partial charge on any atom is 0.387 e. The first-order chi connectivity index (χ1) is 6.00. The Labute approximate surface area is 90.3 Å². The molecule has 0 fully saturated rings. The van der Waals surface area contributed by atoms with E-state index in [-0.39, 0.29) is 5.75 Å². The summed E-state index contributed by atoms with van der Waals surface area (Å²) in [5, 5.41) is 0. The summed E-state index contributed by atoms with van der Waals surface area (Å²) in [5.41, 5.74) is 5.78. The summed E-state index contributed by atoms with van der Waals surface area (Å²) >= 11 is 6.22. The number of hydrogen-bond donors (Lipinski definition) is 1. The first kappa shape index (κ1) is 10.7. The summed E-state index contributed by atoms with van der Waals surface area (Å²) in [6.07, 6.45) is 0. The van der Waals surface area contributed by atoms with Crippen molar-refractivity contribution in [2.45, 2.75) is 6.61 Å². The summed E-state index contributed by atoms with van der Waals surface area (Å²) in [4.78, 5) is 0. The van der Waals surface area contributed by atoms with Crippen LogP contribution in [0.5, 0.6) is 5.75 Å². The number of benzene rings is 1. The van der Waals surface area contributed by atoms with Gasteiger partial charge in [0.1, 0.15) is 5.75 Å². The zero-order valence-corrected chi connectivity index (χ0v) is 9.40. The Morgan fingerprint density at radius 1 is 1.31 bits per heavy atom. The molecule has 0 unspecified atom stereocenters. The molecule has 0 aliphatic heterocycles. The van der Waals surface area contributed by atoms with Gasteiger partial charge in [0.15, 0.2) is 0 Å². The van der Waals surface area contributed by atoms with Crippen molar-refractivity contribution in [2.75, 3.05) is 5.73 Å². The fourth-order valence-corrected chi connectivity index (χ4v) is 1.55. The van der Waals surface area contributed by atoms with Crippen molar-refractivity contribution in [2.24, 2.45) is 0 Å².